The van der Waals surface area contributed by atoms with Gasteiger partial charge in [-0.1, -0.05) is 12.1 Å². The van der Waals surface area contributed by atoms with Crippen LogP contribution in [0, 0.1) is 0 Å². The highest BCUT2D eigenvalue weighted by molar-refractivity contribution is 6.21. The molecule has 2 rings (SSSR count). The average molecular weight is 279 g/mol. The number of nitrogens with zero attached hydrogens (tertiary/aromatic N) is 1. The van der Waals surface area contributed by atoms with Gasteiger partial charge in [-0.15, -0.1) is 0 Å². The molecular weight excluding hydrogens is 266 g/mol. The molecule has 7 heteroatoms. The minimum atomic E-state index is -1.80. The van der Waals surface area contributed by atoms with Crippen LogP contribution in [0.15, 0.2) is 24.3 Å². The van der Waals surface area contributed by atoms with E-state index in [0.717, 1.165) is 4.90 Å². The van der Waals surface area contributed by atoms with Crippen LogP contribution in [0.1, 0.15) is 33.6 Å². The highest BCUT2D eigenvalue weighted by atomic mass is 16.5. The zero-order valence-corrected chi connectivity index (χ0v) is 10.4. The smallest absolute Gasteiger partial charge is 0.305 e. The Morgan fingerprint density at radius 1 is 1.10 bits per heavy atom. The summed E-state index contributed by atoms with van der Waals surface area (Å²) in [6, 6.07) is 5.05. The molecule has 1 unspecified atom stereocenters. The normalized spacial score (nSPS) is 15.7. The first kappa shape index (κ1) is 14.2. The minimum Gasteiger partial charge on any atom is -0.481 e. The van der Waals surface area contributed by atoms with E-state index in [1.165, 1.54) is 12.1 Å². The number of imide groups is 1. The van der Waals surface area contributed by atoms with Gasteiger partial charge in [-0.25, -0.2) is 0 Å². The Morgan fingerprint density at radius 2 is 1.60 bits per heavy atom. The molecule has 0 spiro atoms. The number of rotatable bonds is 5. The zero-order valence-electron chi connectivity index (χ0n) is 10.4. The largest absolute Gasteiger partial charge is 0.481 e. The fraction of sp³-hybridized carbons (Fsp3) is 0.308. The van der Waals surface area contributed by atoms with E-state index in [-0.39, 0.29) is 11.1 Å². The molecule has 2 amide bonds. The molecule has 106 valence electrons. The third kappa shape index (κ3) is 2.54. The molecule has 1 heterocycles. The van der Waals surface area contributed by atoms with Gasteiger partial charge in [0.05, 0.1) is 23.6 Å². The van der Waals surface area contributed by atoms with Crippen LogP contribution in [-0.2, 0) is 4.79 Å². The second kappa shape index (κ2) is 5.40. The van der Waals surface area contributed by atoms with Crippen molar-refractivity contribution in [2.45, 2.75) is 25.2 Å². The number of hydrogen-bond donors (Lipinski definition) is 3. The quantitative estimate of drug-likeness (QED) is 0.509. The van der Waals surface area contributed by atoms with Crippen molar-refractivity contribution in [2.75, 3.05) is 0 Å². The maximum atomic E-state index is 12.2. The molecule has 1 aliphatic heterocycles. The lowest BCUT2D eigenvalue weighted by atomic mass is 10.1. The molecule has 7 nitrogen and oxygen atoms in total. The van der Waals surface area contributed by atoms with E-state index in [0.29, 0.717) is 0 Å². The van der Waals surface area contributed by atoms with Gasteiger partial charge in [-0.3, -0.25) is 19.3 Å². The number of aliphatic hydroxyl groups excluding tert-OH is 1. The van der Waals surface area contributed by atoms with Crippen LogP contribution in [0.4, 0.5) is 0 Å². The van der Waals surface area contributed by atoms with Crippen LogP contribution < -0.4 is 0 Å². The number of carbonyl (C=O) groups is 3. The van der Waals surface area contributed by atoms with Crippen molar-refractivity contribution in [3.8, 4) is 0 Å². The highest BCUT2D eigenvalue weighted by Gasteiger charge is 2.40. The summed E-state index contributed by atoms with van der Waals surface area (Å²) in [7, 11) is 0. The SMILES string of the molecule is O=C(O)CC(CC(O)O)N1C(=O)c2ccccc2C1=O. The number of amides is 2. The summed E-state index contributed by atoms with van der Waals surface area (Å²) in [4.78, 5) is 35.9. The van der Waals surface area contributed by atoms with E-state index in [2.05, 4.69) is 0 Å². The molecule has 0 fully saturated rings. The van der Waals surface area contributed by atoms with Gasteiger partial charge in [0.2, 0.25) is 0 Å². The van der Waals surface area contributed by atoms with Gasteiger partial charge in [-0.05, 0) is 12.1 Å². The number of carboxylic acid groups (broad SMARTS) is 1. The third-order valence-corrected chi connectivity index (χ3v) is 3.08. The Bertz CT molecular complexity index is 533. The van der Waals surface area contributed by atoms with Gasteiger partial charge in [0.15, 0.2) is 6.29 Å². The number of aliphatic carboxylic acids is 1. The first-order valence-corrected chi connectivity index (χ1v) is 5.96. The van der Waals surface area contributed by atoms with Crippen LogP contribution in [-0.4, -0.2) is 50.3 Å². The Hall–Kier alpha value is -2.25. The number of fused-ring (bicyclic) bond motifs is 1. The lowest BCUT2D eigenvalue weighted by Gasteiger charge is -2.25. The summed E-state index contributed by atoms with van der Waals surface area (Å²) in [6.07, 6.45) is -2.75. The van der Waals surface area contributed by atoms with Gasteiger partial charge in [-0.2, -0.15) is 0 Å². The minimum absolute atomic E-state index is 0.195. The number of carboxylic acids is 1. The molecule has 0 radical (unpaired) electrons. The molecule has 1 atom stereocenters. The number of hydrogen-bond acceptors (Lipinski definition) is 5. The lowest BCUT2D eigenvalue weighted by Crippen LogP contribution is -2.43. The topological polar surface area (TPSA) is 115 Å². The lowest BCUT2D eigenvalue weighted by molar-refractivity contribution is -0.138. The first-order valence-electron chi connectivity index (χ1n) is 5.96. The summed E-state index contributed by atoms with van der Waals surface area (Å²) in [5.41, 5.74) is 0.389. The molecule has 0 saturated carbocycles. The molecule has 1 aliphatic rings. The van der Waals surface area contributed by atoms with Crippen molar-refractivity contribution in [3.05, 3.63) is 35.4 Å². The number of carbonyl (C=O) groups excluding carboxylic acids is 2. The van der Waals surface area contributed by atoms with E-state index in [1.807, 2.05) is 0 Å². The highest BCUT2D eigenvalue weighted by Crippen LogP contribution is 2.27. The van der Waals surface area contributed by atoms with E-state index in [4.69, 9.17) is 15.3 Å². The van der Waals surface area contributed by atoms with E-state index in [9.17, 15) is 14.4 Å². The molecule has 1 aromatic carbocycles. The zero-order chi connectivity index (χ0) is 14.9. The number of benzene rings is 1. The monoisotopic (exact) mass is 279 g/mol. The summed E-state index contributed by atoms with van der Waals surface area (Å²) >= 11 is 0. The predicted molar refractivity (Wildman–Crippen MR) is 65.8 cm³/mol. The van der Waals surface area contributed by atoms with Gasteiger partial charge in [0, 0.05) is 6.42 Å². The van der Waals surface area contributed by atoms with Crippen LogP contribution in [0.3, 0.4) is 0 Å². The van der Waals surface area contributed by atoms with Crippen molar-refractivity contribution in [1.82, 2.24) is 4.90 Å². The van der Waals surface area contributed by atoms with Crippen LogP contribution in [0.25, 0.3) is 0 Å². The van der Waals surface area contributed by atoms with E-state index < -0.39 is 43.0 Å². The standard InChI is InChI=1S/C13H13NO6/c15-10(16)5-7(6-11(17)18)14-12(19)8-3-1-2-4-9(8)13(14)20/h1-4,7,10,15-16H,5-6H2,(H,17,18). The molecule has 0 saturated heterocycles. The Balaban J connectivity index is 2.33. The summed E-state index contributed by atoms with van der Waals surface area (Å²) < 4.78 is 0. The fourth-order valence-electron chi connectivity index (χ4n) is 2.26. The predicted octanol–water partition coefficient (Wildman–Crippen LogP) is -0.173. The average Bonchev–Trinajstić information content (AvgIpc) is 2.61. The van der Waals surface area contributed by atoms with Crippen LogP contribution in [0.2, 0.25) is 0 Å². The van der Waals surface area contributed by atoms with Crippen LogP contribution >= 0.6 is 0 Å². The molecule has 20 heavy (non-hydrogen) atoms. The van der Waals surface area contributed by atoms with Crippen molar-refractivity contribution >= 4 is 17.8 Å². The van der Waals surface area contributed by atoms with E-state index in [1.54, 1.807) is 12.1 Å². The summed E-state index contributed by atoms with van der Waals surface area (Å²) in [6.45, 7) is 0. The molecule has 3 N–H and O–H groups in total. The van der Waals surface area contributed by atoms with Gasteiger partial charge >= 0.3 is 5.97 Å². The van der Waals surface area contributed by atoms with Gasteiger partial charge in [0.1, 0.15) is 0 Å². The Kier molecular flexibility index (Phi) is 3.82. The molecule has 0 bridgehead atoms. The maximum absolute atomic E-state index is 12.2. The Morgan fingerprint density at radius 3 is 2.00 bits per heavy atom. The molecular formula is C13H13NO6. The van der Waals surface area contributed by atoms with Crippen molar-refractivity contribution in [3.63, 3.8) is 0 Å². The van der Waals surface area contributed by atoms with Crippen molar-refractivity contribution < 1.29 is 29.7 Å². The van der Waals surface area contributed by atoms with Crippen molar-refractivity contribution in [2.24, 2.45) is 0 Å². The van der Waals surface area contributed by atoms with Crippen LogP contribution in [0.5, 0.6) is 0 Å². The van der Waals surface area contributed by atoms with Gasteiger partial charge in [0.25, 0.3) is 11.8 Å². The maximum Gasteiger partial charge on any atom is 0.305 e. The van der Waals surface area contributed by atoms with Gasteiger partial charge < -0.3 is 15.3 Å². The molecule has 0 aliphatic carbocycles. The summed E-state index contributed by atoms with van der Waals surface area (Å²) in [5.74, 6) is -2.46. The number of aliphatic hydroxyl groups is 2. The Labute approximate surface area is 114 Å². The van der Waals surface area contributed by atoms with Crippen molar-refractivity contribution in [1.29, 1.82) is 0 Å². The second-order valence-corrected chi connectivity index (χ2v) is 4.49. The first-order chi connectivity index (χ1) is 9.41. The fourth-order valence-corrected chi connectivity index (χ4v) is 2.26. The molecule has 0 aromatic heterocycles. The molecule has 1 aromatic rings. The summed E-state index contributed by atoms with van der Waals surface area (Å²) in [5, 5.41) is 26.8. The van der Waals surface area contributed by atoms with E-state index >= 15 is 0 Å². The second-order valence-electron chi connectivity index (χ2n) is 4.49. The third-order valence-electron chi connectivity index (χ3n) is 3.08.